The van der Waals surface area contributed by atoms with Gasteiger partial charge in [0.1, 0.15) is 6.33 Å². The number of nitrogens with zero attached hydrogens (tertiary/aromatic N) is 2. The molecule has 0 radical (unpaired) electrons. The number of rotatable bonds is 7. The average Bonchev–Trinajstić information content (AvgIpc) is 2.94. The Labute approximate surface area is 122 Å². The maximum atomic E-state index is 6.24. The standard InChI is InChI=1S/C13H17ClN4O2/c1-3-19-11-6-9(5-10(14)12(11)20-4-2)7-15-13-16-8-17-18-13/h5-6,8H,3-4,7H2,1-2H3,(H2,15,16,17,18). The predicted molar refractivity (Wildman–Crippen MR) is 77.5 cm³/mol. The minimum atomic E-state index is 0.534. The summed E-state index contributed by atoms with van der Waals surface area (Å²) in [5.74, 6) is 1.84. The molecule has 0 amide bonds. The van der Waals surface area contributed by atoms with Crippen molar-refractivity contribution in [3.8, 4) is 11.5 Å². The van der Waals surface area contributed by atoms with E-state index in [9.17, 15) is 0 Å². The molecule has 1 aromatic carbocycles. The number of H-pyrrole nitrogens is 1. The van der Waals surface area contributed by atoms with Crippen molar-refractivity contribution >= 4 is 17.5 Å². The average molecular weight is 297 g/mol. The molecule has 0 saturated carbocycles. The number of hydrogen-bond donors (Lipinski definition) is 2. The Bertz CT molecular complexity index is 546. The van der Waals surface area contributed by atoms with Gasteiger partial charge in [0, 0.05) is 6.54 Å². The van der Waals surface area contributed by atoms with Crippen LogP contribution in [-0.4, -0.2) is 28.4 Å². The first-order valence-corrected chi connectivity index (χ1v) is 6.79. The van der Waals surface area contributed by atoms with Gasteiger partial charge in [0.05, 0.1) is 18.2 Å². The van der Waals surface area contributed by atoms with Crippen LogP contribution in [0, 0.1) is 0 Å². The van der Waals surface area contributed by atoms with Gasteiger partial charge in [0.2, 0.25) is 5.95 Å². The molecule has 2 rings (SSSR count). The number of anilines is 1. The highest BCUT2D eigenvalue weighted by Gasteiger charge is 2.12. The summed E-state index contributed by atoms with van der Waals surface area (Å²) in [4.78, 5) is 3.99. The second-order valence-electron chi connectivity index (χ2n) is 3.96. The number of halogens is 1. The number of aromatic nitrogens is 3. The van der Waals surface area contributed by atoms with E-state index in [0.29, 0.717) is 42.2 Å². The van der Waals surface area contributed by atoms with Crippen molar-refractivity contribution in [3.05, 3.63) is 29.0 Å². The van der Waals surface area contributed by atoms with Crippen molar-refractivity contribution in [1.82, 2.24) is 15.2 Å². The molecule has 0 fully saturated rings. The Morgan fingerprint density at radius 2 is 2.05 bits per heavy atom. The van der Waals surface area contributed by atoms with E-state index in [2.05, 4.69) is 20.5 Å². The molecule has 0 unspecified atom stereocenters. The molecule has 0 aliphatic carbocycles. The number of hydrogen-bond acceptors (Lipinski definition) is 5. The van der Waals surface area contributed by atoms with Crippen LogP contribution in [-0.2, 0) is 6.54 Å². The second-order valence-corrected chi connectivity index (χ2v) is 4.37. The first-order valence-electron chi connectivity index (χ1n) is 6.41. The summed E-state index contributed by atoms with van der Waals surface area (Å²) < 4.78 is 11.1. The molecule has 0 saturated heterocycles. The number of nitrogens with one attached hydrogen (secondary N) is 2. The van der Waals surface area contributed by atoms with Crippen LogP contribution in [0.15, 0.2) is 18.5 Å². The first-order chi connectivity index (χ1) is 9.74. The van der Waals surface area contributed by atoms with Crippen molar-refractivity contribution in [2.75, 3.05) is 18.5 Å². The lowest BCUT2D eigenvalue weighted by Gasteiger charge is -2.14. The molecule has 2 aromatic rings. The maximum absolute atomic E-state index is 6.24. The highest BCUT2D eigenvalue weighted by Crippen LogP contribution is 2.36. The van der Waals surface area contributed by atoms with Gasteiger partial charge in [0.25, 0.3) is 0 Å². The Morgan fingerprint density at radius 3 is 2.70 bits per heavy atom. The first kappa shape index (κ1) is 14.5. The van der Waals surface area contributed by atoms with Crippen LogP contribution in [0.5, 0.6) is 11.5 Å². The molecule has 0 bridgehead atoms. The van der Waals surface area contributed by atoms with E-state index < -0.39 is 0 Å². The van der Waals surface area contributed by atoms with Gasteiger partial charge in [-0.3, -0.25) is 0 Å². The van der Waals surface area contributed by atoms with Gasteiger partial charge >= 0.3 is 0 Å². The minimum Gasteiger partial charge on any atom is -0.490 e. The molecule has 20 heavy (non-hydrogen) atoms. The topological polar surface area (TPSA) is 72.1 Å². The van der Waals surface area contributed by atoms with Crippen molar-refractivity contribution in [3.63, 3.8) is 0 Å². The maximum Gasteiger partial charge on any atom is 0.218 e. The van der Waals surface area contributed by atoms with E-state index in [1.165, 1.54) is 6.33 Å². The highest BCUT2D eigenvalue weighted by molar-refractivity contribution is 6.32. The van der Waals surface area contributed by atoms with Crippen molar-refractivity contribution in [2.45, 2.75) is 20.4 Å². The van der Waals surface area contributed by atoms with Gasteiger partial charge in [-0.15, -0.1) is 0 Å². The molecule has 0 atom stereocenters. The summed E-state index contributed by atoms with van der Waals surface area (Å²) >= 11 is 6.24. The van der Waals surface area contributed by atoms with E-state index in [1.54, 1.807) is 0 Å². The minimum absolute atomic E-state index is 0.534. The zero-order valence-electron chi connectivity index (χ0n) is 11.4. The lowest BCUT2D eigenvalue weighted by atomic mass is 10.2. The van der Waals surface area contributed by atoms with E-state index >= 15 is 0 Å². The molecular weight excluding hydrogens is 280 g/mol. The zero-order chi connectivity index (χ0) is 14.4. The number of benzene rings is 1. The summed E-state index contributed by atoms with van der Waals surface area (Å²) in [5, 5.41) is 10.1. The summed E-state index contributed by atoms with van der Waals surface area (Å²) in [7, 11) is 0. The summed E-state index contributed by atoms with van der Waals surface area (Å²) in [5.41, 5.74) is 0.971. The van der Waals surface area contributed by atoms with Crippen molar-refractivity contribution in [1.29, 1.82) is 0 Å². The quantitative estimate of drug-likeness (QED) is 0.822. The van der Waals surface area contributed by atoms with Gasteiger partial charge in [-0.2, -0.15) is 5.10 Å². The van der Waals surface area contributed by atoms with Crippen LogP contribution in [0.1, 0.15) is 19.4 Å². The summed E-state index contributed by atoms with van der Waals surface area (Å²) in [6.45, 7) is 5.47. The molecule has 2 N–H and O–H groups in total. The fourth-order valence-electron chi connectivity index (χ4n) is 1.75. The fraction of sp³-hybridized carbons (Fsp3) is 0.385. The van der Waals surface area contributed by atoms with Crippen LogP contribution >= 0.6 is 11.6 Å². The van der Waals surface area contributed by atoms with Gasteiger partial charge < -0.3 is 14.8 Å². The lowest BCUT2D eigenvalue weighted by Crippen LogP contribution is -2.04. The normalized spacial score (nSPS) is 10.3. The molecule has 6 nitrogen and oxygen atoms in total. The third kappa shape index (κ3) is 3.54. The van der Waals surface area contributed by atoms with E-state index in [4.69, 9.17) is 21.1 Å². The van der Waals surface area contributed by atoms with E-state index in [1.807, 2.05) is 26.0 Å². The van der Waals surface area contributed by atoms with Gasteiger partial charge in [0.15, 0.2) is 11.5 Å². The van der Waals surface area contributed by atoms with Crippen molar-refractivity contribution in [2.24, 2.45) is 0 Å². The van der Waals surface area contributed by atoms with Crippen LogP contribution in [0.3, 0.4) is 0 Å². The Kier molecular flexibility index (Phi) is 5.06. The molecule has 0 aliphatic rings. The second kappa shape index (κ2) is 7.00. The zero-order valence-corrected chi connectivity index (χ0v) is 12.2. The monoisotopic (exact) mass is 296 g/mol. The predicted octanol–water partition coefficient (Wildman–Crippen LogP) is 2.87. The third-order valence-electron chi connectivity index (χ3n) is 2.53. The number of ether oxygens (including phenoxy) is 2. The lowest BCUT2D eigenvalue weighted by molar-refractivity contribution is 0.287. The van der Waals surface area contributed by atoms with Gasteiger partial charge in [-0.1, -0.05) is 11.6 Å². The molecule has 1 aromatic heterocycles. The molecule has 0 spiro atoms. The van der Waals surface area contributed by atoms with Crippen LogP contribution < -0.4 is 14.8 Å². The fourth-order valence-corrected chi connectivity index (χ4v) is 2.04. The third-order valence-corrected chi connectivity index (χ3v) is 2.81. The molecule has 7 heteroatoms. The van der Waals surface area contributed by atoms with Crippen molar-refractivity contribution < 1.29 is 9.47 Å². The van der Waals surface area contributed by atoms with Crippen LogP contribution in [0.4, 0.5) is 5.95 Å². The Hall–Kier alpha value is -1.95. The van der Waals surface area contributed by atoms with Crippen LogP contribution in [0.25, 0.3) is 0 Å². The number of aromatic amines is 1. The Balaban J connectivity index is 2.16. The van der Waals surface area contributed by atoms with Crippen LogP contribution in [0.2, 0.25) is 5.02 Å². The largest absolute Gasteiger partial charge is 0.490 e. The summed E-state index contributed by atoms with van der Waals surface area (Å²) in [6.07, 6.45) is 1.44. The molecular formula is C13H17ClN4O2. The molecule has 108 valence electrons. The van der Waals surface area contributed by atoms with E-state index in [-0.39, 0.29) is 0 Å². The Morgan fingerprint density at radius 1 is 1.25 bits per heavy atom. The van der Waals surface area contributed by atoms with Gasteiger partial charge in [-0.25, -0.2) is 10.1 Å². The SMILES string of the molecule is CCOc1cc(CNc2ncn[nH]2)cc(Cl)c1OCC. The molecule has 1 heterocycles. The molecule has 0 aliphatic heterocycles. The summed E-state index contributed by atoms with van der Waals surface area (Å²) in [6, 6.07) is 3.75. The van der Waals surface area contributed by atoms with E-state index in [0.717, 1.165) is 5.56 Å². The highest BCUT2D eigenvalue weighted by atomic mass is 35.5. The van der Waals surface area contributed by atoms with Gasteiger partial charge in [-0.05, 0) is 31.5 Å². The smallest absolute Gasteiger partial charge is 0.218 e.